The van der Waals surface area contributed by atoms with Crippen LogP contribution in [0.25, 0.3) is 0 Å². The summed E-state index contributed by atoms with van der Waals surface area (Å²) in [5.41, 5.74) is 0. The average molecular weight is 171 g/mol. The summed E-state index contributed by atoms with van der Waals surface area (Å²) in [6, 6.07) is 0. The fourth-order valence-corrected chi connectivity index (χ4v) is 0. The van der Waals surface area contributed by atoms with Crippen LogP contribution in [0.15, 0.2) is 0 Å². The van der Waals surface area contributed by atoms with Gasteiger partial charge < -0.3 is 0 Å². The van der Waals surface area contributed by atoms with Gasteiger partial charge >= 0.3 is 0 Å². The van der Waals surface area contributed by atoms with Gasteiger partial charge in [0.1, 0.15) is 15.7 Å². The Hall–Kier alpha value is 1.000. The Balaban J connectivity index is 4.02. The molecule has 0 radical (unpaired) electrons. The van der Waals surface area contributed by atoms with E-state index in [1.54, 1.807) is 22.6 Å². The van der Waals surface area contributed by atoms with Crippen LogP contribution in [0.5, 0.6) is 0 Å². The smallest absolute Gasteiger partial charge is 0.127 e. The van der Waals surface area contributed by atoms with E-state index in [0.717, 1.165) is 0 Å². The van der Waals surface area contributed by atoms with Gasteiger partial charge in [-0.3, -0.25) is 0 Å². The van der Waals surface area contributed by atoms with Crippen molar-refractivity contribution in [2.75, 3.05) is 0 Å². The van der Waals surface area contributed by atoms with Gasteiger partial charge in [0.25, 0.3) is 0 Å². The fraction of sp³-hybridized carbons (Fsp3) is 1.00. The maximum atomic E-state index is 5.75. The summed E-state index contributed by atoms with van der Waals surface area (Å²) < 4.78 is -1.41. The summed E-state index contributed by atoms with van der Waals surface area (Å²) in [6.07, 6.45) is 0. The molecule has 0 amide bonds. The lowest BCUT2D eigenvalue weighted by molar-refractivity contribution is 0.892. The molecule has 0 N–H and O–H groups in total. The van der Waals surface area contributed by atoms with Crippen LogP contribution in [-0.4, -0.2) is 24.7 Å². The number of rotatable bonds is 1. The first kappa shape index (κ1) is 9.00. The Kier molecular flexibility index (Phi) is 2.61. The third-order valence-electron chi connectivity index (χ3n) is 1.04. The molecule has 8 heavy (non-hydrogen) atoms. The highest BCUT2D eigenvalue weighted by Gasteiger charge is 2.34. The van der Waals surface area contributed by atoms with Crippen LogP contribution in [0.2, 0.25) is 0 Å². The minimum atomic E-state index is -0.853. The van der Waals surface area contributed by atoms with E-state index < -0.39 is 9.01 Å². The molecule has 0 fully saturated rings. The SMILES string of the molecule is BC(C)(Cl)C(B)(Cl)Cl. The van der Waals surface area contributed by atoms with E-state index in [1.165, 1.54) is 0 Å². The van der Waals surface area contributed by atoms with E-state index in [9.17, 15) is 0 Å². The minimum absolute atomic E-state index is 0.559. The number of hydrogen-bond donors (Lipinski definition) is 0. The molecule has 0 aromatic carbocycles. The maximum absolute atomic E-state index is 5.75. The lowest BCUT2D eigenvalue weighted by atomic mass is 9.76. The predicted octanol–water partition coefficient (Wildman–Crippen LogP) is 0.339. The molecule has 0 bridgehead atoms. The van der Waals surface area contributed by atoms with Gasteiger partial charge in [-0.25, -0.2) is 0 Å². The molecule has 0 aromatic rings. The molecular formula is C3H7B2Cl3. The molecule has 0 saturated heterocycles. The van der Waals surface area contributed by atoms with Gasteiger partial charge in [0, 0.05) is 4.77 Å². The fourth-order valence-electron chi connectivity index (χ4n) is 0. The first-order valence-electron chi connectivity index (χ1n) is 2.32. The zero-order valence-corrected chi connectivity index (χ0v) is 7.40. The van der Waals surface area contributed by atoms with Gasteiger partial charge in [0.15, 0.2) is 0 Å². The van der Waals surface area contributed by atoms with Gasteiger partial charge in [-0.05, 0) is 0 Å². The topological polar surface area (TPSA) is 0 Å². The summed E-state index contributed by atoms with van der Waals surface area (Å²) in [5.74, 6) is 0. The molecule has 5 heteroatoms. The monoisotopic (exact) mass is 170 g/mol. The number of alkyl halides is 3. The molecule has 0 heterocycles. The van der Waals surface area contributed by atoms with Crippen molar-refractivity contribution in [2.45, 2.75) is 15.9 Å². The van der Waals surface area contributed by atoms with E-state index in [4.69, 9.17) is 34.8 Å². The predicted molar refractivity (Wildman–Crippen MR) is 45.8 cm³/mol. The van der Waals surface area contributed by atoms with Crippen molar-refractivity contribution < 1.29 is 0 Å². The van der Waals surface area contributed by atoms with Crippen molar-refractivity contribution in [1.82, 2.24) is 0 Å². The summed E-state index contributed by atoms with van der Waals surface area (Å²) in [7, 11) is 3.44. The maximum Gasteiger partial charge on any atom is 0.149 e. The van der Waals surface area contributed by atoms with Gasteiger partial charge in [0.2, 0.25) is 0 Å². The second kappa shape index (κ2) is 2.32. The van der Waals surface area contributed by atoms with Crippen LogP contribution in [0, 0.1) is 0 Å². The highest BCUT2D eigenvalue weighted by molar-refractivity contribution is 6.72. The largest absolute Gasteiger partial charge is 0.149 e. The first-order valence-corrected chi connectivity index (χ1v) is 3.45. The van der Waals surface area contributed by atoms with Crippen molar-refractivity contribution in [3.63, 3.8) is 0 Å². The zero-order valence-electron chi connectivity index (χ0n) is 5.13. The molecule has 0 rings (SSSR count). The average Bonchev–Trinajstić information content (AvgIpc) is 1.25. The molecule has 0 aliphatic rings. The minimum Gasteiger partial charge on any atom is -0.127 e. The van der Waals surface area contributed by atoms with Crippen molar-refractivity contribution in [3.8, 4) is 0 Å². The standard InChI is InChI=1S/C3H7B2Cl3/c1-2(4,6)3(5,7)8/h4-5H2,1H3. The van der Waals surface area contributed by atoms with Crippen molar-refractivity contribution in [2.24, 2.45) is 0 Å². The lowest BCUT2D eigenvalue weighted by Gasteiger charge is -2.27. The molecule has 1 atom stereocenters. The number of hydrogen-bond acceptors (Lipinski definition) is 0. The van der Waals surface area contributed by atoms with E-state index in [-0.39, 0.29) is 0 Å². The van der Waals surface area contributed by atoms with Crippen LogP contribution in [-0.2, 0) is 0 Å². The molecule has 0 spiro atoms. The van der Waals surface area contributed by atoms with E-state index in [2.05, 4.69) is 0 Å². The Morgan fingerprint density at radius 3 is 1.25 bits per heavy atom. The Morgan fingerprint density at radius 2 is 1.25 bits per heavy atom. The highest BCUT2D eigenvalue weighted by atomic mass is 35.5. The Labute approximate surface area is 66.7 Å². The number of halogens is 3. The Morgan fingerprint density at radius 1 is 1.12 bits per heavy atom. The normalized spacial score (nSPS) is 20.0. The van der Waals surface area contributed by atoms with Gasteiger partial charge in [0.05, 0.1) is 4.23 Å². The summed E-state index contributed by atoms with van der Waals surface area (Å²) in [5, 5.41) is 0. The second-order valence-electron chi connectivity index (χ2n) is 2.36. The molecule has 46 valence electrons. The first-order chi connectivity index (χ1) is 3.25. The highest BCUT2D eigenvalue weighted by Crippen LogP contribution is 2.32. The molecule has 0 aromatic heterocycles. The molecule has 0 nitrogen and oxygen atoms in total. The van der Waals surface area contributed by atoms with Crippen LogP contribution in [0.4, 0.5) is 0 Å². The van der Waals surface area contributed by atoms with Crippen LogP contribution in [0.3, 0.4) is 0 Å². The van der Waals surface area contributed by atoms with Gasteiger partial charge in [-0.1, -0.05) is 6.92 Å². The summed E-state index contributed by atoms with van der Waals surface area (Å²) >= 11 is 17.0. The third-order valence-corrected chi connectivity index (χ3v) is 2.56. The van der Waals surface area contributed by atoms with Gasteiger partial charge in [-0.2, -0.15) is 0 Å². The molecule has 1 unspecified atom stereocenters. The van der Waals surface area contributed by atoms with Crippen LogP contribution in [0.1, 0.15) is 6.92 Å². The van der Waals surface area contributed by atoms with Crippen molar-refractivity contribution in [3.05, 3.63) is 0 Å². The molecule has 0 saturated carbocycles. The van der Waals surface area contributed by atoms with Crippen LogP contribution >= 0.6 is 34.8 Å². The lowest BCUT2D eigenvalue weighted by Crippen LogP contribution is -2.39. The van der Waals surface area contributed by atoms with E-state index >= 15 is 0 Å². The van der Waals surface area contributed by atoms with Crippen molar-refractivity contribution in [1.29, 1.82) is 0 Å². The van der Waals surface area contributed by atoms with Crippen LogP contribution < -0.4 is 0 Å². The molecule has 0 aliphatic heterocycles. The van der Waals surface area contributed by atoms with Gasteiger partial charge in [-0.15, -0.1) is 34.8 Å². The second-order valence-corrected chi connectivity index (χ2v) is 5.01. The Bertz CT molecular complexity index is 67.5. The summed E-state index contributed by atoms with van der Waals surface area (Å²) in [4.78, 5) is 0. The summed E-state index contributed by atoms with van der Waals surface area (Å²) in [6.45, 7) is 1.77. The van der Waals surface area contributed by atoms with Crippen molar-refractivity contribution >= 4 is 50.5 Å². The molecule has 0 aliphatic carbocycles. The van der Waals surface area contributed by atoms with E-state index in [0.29, 0.717) is 0 Å². The zero-order chi connectivity index (χ0) is 7.00. The van der Waals surface area contributed by atoms with E-state index in [1.807, 2.05) is 0 Å². The third kappa shape index (κ3) is 2.52. The quantitative estimate of drug-likeness (QED) is 0.394. The molecular weight excluding hydrogens is 164 g/mol.